The molecule has 0 aliphatic heterocycles. The van der Waals surface area contributed by atoms with Crippen molar-refractivity contribution in [3.05, 3.63) is 0 Å². The molecule has 0 aliphatic carbocycles. The summed E-state index contributed by atoms with van der Waals surface area (Å²) in [5.41, 5.74) is 0. The van der Waals surface area contributed by atoms with Gasteiger partial charge in [-0.1, -0.05) is 0 Å². The number of aliphatic hydroxyl groups excluding tert-OH is 1. The minimum absolute atomic E-state index is 0.0253. The SMILES string of the molecule is O=CCCSC(C=O)CCO. The van der Waals surface area contributed by atoms with E-state index in [0.29, 0.717) is 18.6 Å². The van der Waals surface area contributed by atoms with Gasteiger partial charge in [0.25, 0.3) is 0 Å². The van der Waals surface area contributed by atoms with Gasteiger partial charge in [0.2, 0.25) is 0 Å². The van der Waals surface area contributed by atoms with Crippen LogP contribution in [-0.4, -0.2) is 35.3 Å². The van der Waals surface area contributed by atoms with Crippen molar-refractivity contribution in [2.45, 2.75) is 18.1 Å². The summed E-state index contributed by atoms with van der Waals surface area (Å²) in [6.45, 7) is 0.0253. The number of hydrogen-bond donors (Lipinski definition) is 1. The lowest BCUT2D eigenvalue weighted by Crippen LogP contribution is -2.07. The third-order valence-corrected chi connectivity index (χ3v) is 2.38. The smallest absolute Gasteiger partial charge is 0.133 e. The largest absolute Gasteiger partial charge is 0.396 e. The summed E-state index contributed by atoms with van der Waals surface area (Å²) >= 11 is 1.41. The summed E-state index contributed by atoms with van der Waals surface area (Å²) in [4.78, 5) is 20.2. The molecule has 0 fully saturated rings. The molecular formula is C7H12O3S. The van der Waals surface area contributed by atoms with E-state index in [2.05, 4.69) is 0 Å². The average molecular weight is 176 g/mol. The highest BCUT2D eigenvalue weighted by Gasteiger charge is 2.05. The fourth-order valence-corrected chi connectivity index (χ4v) is 1.47. The van der Waals surface area contributed by atoms with Crippen molar-refractivity contribution in [3.63, 3.8) is 0 Å². The molecule has 0 saturated carbocycles. The van der Waals surface area contributed by atoms with Crippen LogP contribution in [0.15, 0.2) is 0 Å². The van der Waals surface area contributed by atoms with Crippen molar-refractivity contribution in [1.82, 2.24) is 0 Å². The van der Waals surface area contributed by atoms with Crippen LogP contribution in [0.4, 0.5) is 0 Å². The maximum Gasteiger partial charge on any atom is 0.133 e. The zero-order valence-corrected chi connectivity index (χ0v) is 7.05. The van der Waals surface area contributed by atoms with E-state index >= 15 is 0 Å². The minimum Gasteiger partial charge on any atom is -0.396 e. The molecule has 1 atom stereocenters. The highest BCUT2D eigenvalue weighted by atomic mass is 32.2. The molecule has 0 heterocycles. The van der Waals surface area contributed by atoms with Gasteiger partial charge in [-0.25, -0.2) is 0 Å². The molecule has 0 aromatic heterocycles. The summed E-state index contributed by atoms with van der Waals surface area (Å²) in [6, 6.07) is 0. The number of hydrogen-bond acceptors (Lipinski definition) is 4. The van der Waals surface area contributed by atoms with E-state index < -0.39 is 0 Å². The van der Waals surface area contributed by atoms with Crippen molar-refractivity contribution < 1.29 is 14.7 Å². The van der Waals surface area contributed by atoms with Crippen LogP contribution in [0, 0.1) is 0 Å². The maximum atomic E-state index is 10.3. The molecule has 64 valence electrons. The molecular weight excluding hydrogens is 164 g/mol. The molecule has 11 heavy (non-hydrogen) atoms. The van der Waals surface area contributed by atoms with Gasteiger partial charge in [-0.15, -0.1) is 0 Å². The Labute approximate surface area is 70.2 Å². The number of rotatable bonds is 7. The maximum absolute atomic E-state index is 10.3. The zero-order valence-electron chi connectivity index (χ0n) is 6.23. The van der Waals surface area contributed by atoms with Crippen molar-refractivity contribution in [2.24, 2.45) is 0 Å². The highest BCUT2D eigenvalue weighted by molar-refractivity contribution is 8.00. The Balaban J connectivity index is 3.34. The van der Waals surface area contributed by atoms with E-state index in [-0.39, 0.29) is 11.9 Å². The topological polar surface area (TPSA) is 54.4 Å². The van der Waals surface area contributed by atoms with Crippen LogP contribution in [-0.2, 0) is 9.59 Å². The second-order valence-corrected chi connectivity index (χ2v) is 3.36. The Morgan fingerprint density at radius 3 is 2.64 bits per heavy atom. The third-order valence-electron chi connectivity index (χ3n) is 1.13. The Morgan fingerprint density at radius 1 is 1.45 bits per heavy atom. The van der Waals surface area contributed by atoms with Gasteiger partial charge in [0.05, 0.1) is 5.25 Å². The molecule has 0 amide bonds. The predicted molar refractivity (Wildman–Crippen MR) is 44.7 cm³/mol. The molecule has 1 N–H and O–H groups in total. The van der Waals surface area contributed by atoms with Crippen molar-refractivity contribution in [2.75, 3.05) is 12.4 Å². The molecule has 0 bridgehead atoms. The molecule has 1 unspecified atom stereocenters. The number of aliphatic hydroxyl groups is 1. The molecule has 3 nitrogen and oxygen atoms in total. The summed E-state index contributed by atoms with van der Waals surface area (Å²) in [5, 5.41) is 8.33. The first-order valence-electron chi connectivity index (χ1n) is 3.46. The van der Waals surface area contributed by atoms with Gasteiger partial charge < -0.3 is 14.7 Å². The monoisotopic (exact) mass is 176 g/mol. The second kappa shape index (κ2) is 7.75. The Bertz CT molecular complexity index is 116. The fraction of sp³-hybridized carbons (Fsp3) is 0.714. The van der Waals surface area contributed by atoms with Gasteiger partial charge in [0.15, 0.2) is 0 Å². The first kappa shape index (κ1) is 10.7. The Kier molecular flexibility index (Phi) is 7.51. The quantitative estimate of drug-likeness (QED) is 0.446. The van der Waals surface area contributed by atoms with E-state index in [0.717, 1.165) is 12.6 Å². The molecule has 0 spiro atoms. The third kappa shape index (κ3) is 6.06. The van der Waals surface area contributed by atoms with Crippen LogP contribution >= 0.6 is 11.8 Å². The van der Waals surface area contributed by atoms with E-state index in [1.807, 2.05) is 0 Å². The van der Waals surface area contributed by atoms with Crippen LogP contribution in [0.25, 0.3) is 0 Å². The van der Waals surface area contributed by atoms with Crippen molar-refractivity contribution in [3.8, 4) is 0 Å². The van der Waals surface area contributed by atoms with Crippen molar-refractivity contribution >= 4 is 24.3 Å². The molecule has 0 radical (unpaired) electrons. The van der Waals surface area contributed by atoms with Gasteiger partial charge in [0, 0.05) is 18.8 Å². The molecule has 0 aliphatic rings. The lowest BCUT2D eigenvalue weighted by Gasteiger charge is -2.05. The molecule has 0 saturated heterocycles. The molecule has 0 rings (SSSR count). The lowest BCUT2D eigenvalue weighted by molar-refractivity contribution is -0.108. The van der Waals surface area contributed by atoms with Gasteiger partial charge in [-0.2, -0.15) is 11.8 Å². The summed E-state index contributed by atoms with van der Waals surface area (Å²) < 4.78 is 0. The standard InChI is InChI=1S/C7H12O3S/c8-3-1-5-11-7(6-10)2-4-9/h3,6-7,9H,1-2,4-5H2. The first-order valence-corrected chi connectivity index (χ1v) is 4.51. The molecule has 0 aromatic carbocycles. The van der Waals surface area contributed by atoms with E-state index in [4.69, 9.17) is 5.11 Å². The zero-order chi connectivity index (χ0) is 8.53. The highest BCUT2D eigenvalue weighted by Crippen LogP contribution is 2.12. The predicted octanol–water partition coefficient (Wildman–Crippen LogP) is 0.259. The van der Waals surface area contributed by atoms with E-state index in [1.54, 1.807) is 0 Å². The van der Waals surface area contributed by atoms with E-state index in [1.165, 1.54) is 11.8 Å². The number of carbonyl (C=O) groups is 2. The van der Waals surface area contributed by atoms with Crippen LogP contribution in [0.5, 0.6) is 0 Å². The summed E-state index contributed by atoms with van der Waals surface area (Å²) in [6.07, 6.45) is 2.59. The van der Waals surface area contributed by atoms with Gasteiger partial charge in [-0.05, 0) is 6.42 Å². The van der Waals surface area contributed by atoms with Crippen molar-refractivity contribution in [1.29, 1.82) is 0 Å². The number of thioether (sulfide) groups is 1. The fourth-order valence-electron chi connectivity index (χ4n) is 0.585. The normalized spacial score (nSPS) is 12.5. The molecule has 4 heteroatoms. The minimum atomic E-state index is -0.153. The molecule has 0 aromatic rings. The number of carbonyl (C=O) groups excluding carboxylic acids is 2. The lowest BCUT2D eigenvalue weighted by atomic mass is 10.3. The van der Waals surface area contributed by atoms with Gasteiger partial charge >= 0.3 is 0 Å². The van der Waals surface area contributed by atoms with Crippen LogP contribution in [0.3, 0.4) is 0 Å². The summed E-state index contributed by atoms with van der Waals surface area (Å²) in [5.74, 6) is 0.660. The van der Waals surface area contributed by atoms with Crippen LogP contribution in [0.1, 0.15) is 12.8 Å². The Hall–Kier alpha value is -0.350. The van der Waals surface area contributed by atoms with Gasteiger partial charge in [-0.3, -0.25) is 0 Å². The average Bonchev–Trinajstić information content (AvgIpc) is 2.03. The number of aldehydes is 2. The van der Waals surface area contributed by atoms with Crippen LogP contribution < -0.4 is 0 Å². The summed E-state index contributed by atoms with van der Waals surface area (Å²) in [7, 11) is 0. The first-order chi connectivity index (χ1) is 5.35. The van der Waals surface area contributed by atoms with Gasteiger partial charge in [0.1, 0.15) is 12.6 Å². The van der Waals surface area contributed by atoms with Crippen LogP contribution in [0.2, 0.25) is 0 Å². The second-order valence-electron chi connectivity index (χ2n) is 2.01. The Morgan fingerprint density at radius 2 is 2.18 bits per heavy atom. The van der Waals surface area contributed by atoms with E-state index in [9.17, 15) is 9.59 Å².